The van der Waals surface area contributed by atoms with Crippen molar-refractivity contribution in [1.82, 2.24) is 0 Å². The molecule has 6 heteroatoms. The van der Waals surface area contributed by atoms with E-state index in [2.05, 4.69) is 10.1 Å². The molecule has 126 valence electrons. The number of amides is 1. The molecule has 0 unspecified atom stereocenters. The standard InChI is InChI=1S/C18H19NO5/c1-11-5-7-16(22-3)15(9-11)19-17(20)8-6-13-10-14(12(2)24-13)18(21)23-4/h5-10H,1-4H3,(H,19,20)/b8-6+. The highest BCUT2D eigenvalue weighted by molar-refractivity contribution is 6.02. The zero-order valence-electron chi connectivity index (χ0n) is 14.0. The Kier molecular flexibility index (Phi) is 5.42. The lowest BCUT2D eigenvalue weighted by molar-refractivity contribution is -0.111. The van der Waals surface area contributed by atoms with E-state index >= 15 is 0 Å². The molecule has 0 saturated heterocycles. The molecule has 24 heavy (non-hydrogen) atoms. The van der Waals surface area contributed by atoms with Crippen molar-refractivity contribution in [1.29, 1.82) is 0 Å². The van der Waals surface area contributed by atoms with Crippen LogP contribution in [-0.2, 0) is 9.53 Å². The molecule has 0 radical (unpaired) electrons. The third-order valence-corrected chi connectivity index (χ3v) is 3.35. The van der Waals surface area contributed by atoms with Crippen LogP contribution in [0.3, 0.4) is 0 Å². The van der Waals surface area contributed by atoms with E-state index in [1.807, 2.05) is 19.1 Å². The number of hydrogen-bond acceptors (Lipinski definition) is 5. The number of nitrogens with one attached hydrogen (secondary N) is 1. The Morgan fingerprint density at radius 3 is 2.58 bits per heavy atom. The first-order valence-corrected chi connectivity index (χ1v) is 7.27. The number of esters is 1. The van der Waals surface area contributed by atoms with E-state index in [9.17, 15) is 9.59 Å². The summed E-state index contributed by atoms with van der Waals surface area (Å²) in [6.07, 6.45) is 2.80. The van der Waals surface area contributed by atoms with Gasteiger partial charge in [0, 0.05) is 6.08 Å². The van der Waals surface area contributed by atoms with Crippen molar-refractivity contribution in [3.8, 4) is 5.75 Å². The lowest BCUT2D eigenvalue weighted by atomic mass is 10.2. The number of carbonyl (C=O) groups excluding carboxylic acids is 2. The molecule has 1 aromatic carbocycles. The second-order valence-corrected chi connectivity index (χ2v) is 5.14. The number of carbonyl (C=O) groups is 2. The van der Waals surface area contributed by atoms with Crippen LogP contribution in [0.15, 0.2) is 34.8 Å². The zero-order valence-corrected chi connectivity index (χ0v) is 14.0. The monoisotopic (exact) mass is 329 g/mol. The smallest absolute Gasteiger partial charge is 0.341 e. The molecular formula is C18H19NO5. The minimum Gasteiger partial charge on any atom is -0.495 e. The van der Waals surface area contributed by atoms with Crippen LogP contribution in [0.5, 0.6) is 5.75 Å². The molecule has 1 N–H and O–H groups in total. The molecule has 0 aliphatic heterocycles. The SMILES string of the molecule is COC(=O)c1cc(/C=C/C(=O)Nc2cc(C)ccc2OC)oc1C. The van der Waals surface area contributed by atoms with Gasteiger partial charge in [-0.3, -0.25) is 4.79 Å². The largest absolute Gasteiger partial charge is 0.495 e. The Morgan fingerprint density at radius 2 is 1.92 bits per heavy atom. The normalized spacial score (nSPS) is 10.7. The first-order valence-electron chi connectivity index (χ1n) is 7.27. The van der Waals surface area contributed by atoms with Crippen molar-refractivity contribution < 1.29 is 23.5 Å². The summed E-state index contributed by atoms with van der Waals surface area (Å²) in [5.74, 6) is 0.572. The second kappa shape index (κ2) is 7.50. The van der Waals surface area contributed by atoms with Crippen LogP contribution in [0.2, 0.25) is 0 Å². The van der Waals surface area contributed by atoms with E-state index in [1.165, 1.54) is 32.4 Å². The quantitative estimate of drug-likeness (QED) is 0.672. The summed E-state index contributed by atoms with van der Waals surface area (Å²) in [5.41, 5.74) is 1.91. The summed E-state index contributed by atoms with van der Waals surface area (Å²) >= 11 is 0. The maximum Gasteiger partial charge on any atom is 0.341 e. The highest BCUT2D eigenvalue weighted by atomic mass is 16.5. The summed E-state index contributed by atoms with van der Waals surface area (Å²) < 4.78 is 15.3. The summed E-state index contributed by atoms with van der Waals surface area (Å²) in [6.45, 7) is 3.58. The second-order valence-electron chi connectivity index (χ2n) is 5.14. The van der Waals surface area contributed by atoms with Gasteiger partial charge in [0.05, 0.1) is 19.9 Å². The number of aryl methyl sites for hydroxylation is 2. The molecule has 0 aliphatic carbocycles. The Labute approximate surface area is 140 Å². The van der Waals surface area contributed by atoms with Crippen molar-refractivity contribution >= 4 is 23.6 Å². The third-order valence-electron chi connectivity index (χ3n) is 3.35. The fourth-order valence-electron chi connectivity index (χ4n) is 2.15. The van der Waals surface area contributed by atoms with E-state index < -0.39 is 5.97 Å². The molecule has 2 aromatic rings. The van der Waals surface area contributed by atoms with Crippen LogP contribution < -0.4 is 10.1 Å². The highest BCUT2D eigenvalue weighted by Gasteiger charge is 2.14. The molecule has 0 fully saturated rings. The Balaban J connectivity index is 2.11. The van der Waals surface area contributed by atoms with Crippen molar-refractivity contribution in [2.75, 3.05) is 19.5 Å². The summed E-state index contributed by atoms with van der Waals surface area (Å²) in [6, 6.07) is 7.02. The van der Waals surface area contributed by atoms with Crippen LogP contribution in [0.25, 0.3) is 6.08 Å². The third kappa shape index (κ3) is 4.04. The fraction of sp³-hybridized carbons (Fsp3) is 0.222. The summed E-state index contributed by atoms with van der Waals surface area (Å²) in [4.78, 5) is 23.6. The number of benzene rings is 1. The molecule has 6 nitrogen and oxygen atoms in total. The van der Waals surface area contributed by atoms with Gasteiger partial charge in [0.2, 0.25) is 5.91 Å². The van der Waals surface area contributed by atoms with Crippen molar-refractivity contribution in [3.05, 3.63) is 53.0 Å². The maximum atomic E-state index is 12.1. The predicted octanol–water partition coefficient (Wildman–Crippen LogP) is 3.34. The van der Waals surface area contributed by atoms with Crippen LogP contribution in [0.1, 0.15) is 27.4 Å². The fourth-order valence-corrected chi connectivity index (χ4v) is 2.15. The number of anilines is 1. The lowest BCUT2D eigenvalue weighted by Crippen LogP contribution is -2.09. The van der Waals surface area contributed by atoms with Gasteiger partial charge in [-0.25, -0.2) is 4.79 Å². The van der Waals surface area contributed by atoms with Gasteiger partial charge in [-0.2, -0.15) is 0 Å². The number of methoxy groups -OCH3 is 2. The van der Waals surface area contributed by atoms with E-state index in [4.69, 9.17) is 9.15 Å². The topological polar surface area (TPSA) is 77.8 Å². The summed E-state index contributed by atoms with van der Waals surface area (Å²) in [5, 5.41) is 2.74. The molecule has 0 bridgehead atoms. The average molecular weight is 329 g/mol. The van der Waals surface area contributed by atoms with E-state index in [0.29, 0.717) is 28.5 Å². The number of rotatable bonds is 5. The number of hydrogen-bond donors (Lipinski definition) is 1. The molecule has 0 spiro atoms. The van der Waals surface area contributed by atoms with Crippen LogP contribution in [-0.4, -0.2) is 26.1 Å². The lowest BCUT2D eigenvalue weighted by Gasteiger charge is -2.09. The average Bonchev–Trinajstić information content (AvgIpc) is 2.93. The Bertz CT molecular complexity index is 789. The van der Waals surface area contributed by atoms with Gasteiger partial charge in [-0.05, 0) is 43.7 Å². The zero-order chi connectivity index (χ0) is 17.7. The van der Waals surface area contributed by atoms with E-state index in [1.54, 1.807) is 13.0 Å². The van der Waals surface area contributed by atoms with E-state index in [-0.39, 0.29) is 5.91 Å². The molecule has 0 atom stereocenters. The molecule has 1 heterocycles. The van der Waals surface area contributed by atoms with Crippen molar-refractivity contribution in [2.45, 2.75) is 13.8 Å². The van der Waals surface area contributed by atoms with E-state index in [0.717, 1.165) is 5.56 Å². The van der Waals surface area contributed by atoms with Gasteiger partial charge < -0.3 is 19.2 Å². The predicted molar refractivity (Wildman–Crippen MR) is 90.2 cm³/mol. The highest BCUT2D eigenvalue weighted by Crippen LogP contribution is 2.25. The number of furan rings is 1. The Morgan fingerprint density at radius 1 is 1.17 bits per heavy atom. The number of ether oxygens (including phenoxy) is 2. The molecule has 1 amide bonds. The van der Waals surface area contributed by atoms with Gasteiger partial charge >= 0.3 is 5.97 Å². The van der Waals surface area contributed by atoms with Gasteiger partial charge in [-0.1, -0.05) is 6.07 Å². The van der Waals surface area contributed by atoms with Gasteiger partial charge in [0.15, 0.2) is 0 Å². The van der Waals surface area contributed by atoms with Crippen LogP contribution >= 0.6 is 0 Å². The van der Waals surface area contributed by atoms with Gasteiger partial charge in [0.1, 0.15) is 22.8 Å². The van der Waals surface area contributed by atoms with Gasteiger partial charge in [-0.15, -0.1) is 0 Å². The molecule has 2 rings (SSSR count). The molecule has 0 saturated carbocycles. The summed E-state index contributed by atoms with van der Waals surface area (Å²) in [7, 11) is 2.84. The minimum absolute atomic E-state index is 0.331. The maximum absolute atomic E-state index is 12.1. The molecular weight excluding hydrogens is 310 g/mol. The van der Waals surface area contributed by atoms with Gasteiger partial charge in [0.25, 0.3) is 0 Å². The van der Waals surface area contributed by atoms with Crippen molar-refractivity contribution in [2.24, 2.45) is 0 Å². The van der Waals surface area contributed by atoms with Crippen LogP contribution in [0, 0.1) is 13.8 Å². The molecule has 1 aromatic heterocycles. The Hall–Kier alpha value is -3.02. The first kappa shape index (κ1) is 17.3. The van der Waals surface area contributed by atoms with Crippen LogP contribution in [0.4, 0.5) is 5.69 Å². The first-order chi connectivity index (χ1) is 11.4. The molecule has 0 aliphatic rings. The minimum atomic E-state index is -0.482. The van der Waals surface area contributed by atoms with Crippen molar-refractivity contribution in [3.63, 3.8) is 0 Å².